The Morgan fingerprint density at radius 1 is 0.280 bits per heavy atom. The van der Waals surface area contributed by atoms with Crippen molar-refractivity contribution in [2.75, 3.05) is 13.2 Å². The first-order valence-corrected chi connectivity index (χ1v) is 31.0. The van der Waals surface area contributed by atoms with Gasteiger partial charge in [0.1, 0.15) is 13.2 Å². The lowest BCUT2D eigenvalue weighted by molar-refractivity contribution is -0.167. The summed E-state index contributed by atoms with van der Waals surface area (Å²) in [5.41, 5.74) is 0. The van der Waals surface area contributed by atoms with E-state index >= 15 is 0 Å². The van der Waals surface area contributed by atoms with Gasteiger partial charge in [-0.3, -0.25) is 14.4 Å². The molecule has 0 aliphatic carbocycles. The zero-order valence-corrected chi connectivity index (χ0v) is 48.8. The minimum Gasteiger partial charge on any atom is -0.462 e. The minimum absolute atomic E-state index is 0.0937. The molecule has 426 valence electrons. The number of hydrogen-bond donors (Lipinski definition) is 0. The fourth-order valence-corrected chi connectivity index (χ4v) is 8.38. The smallest absolute Gasteiger partial charge is 0.306 e. The SMILES string of the molecule is CC/C=C\C/C=C\C/C=C\C/C=C\C/C=C\C/C=C\C/C=C\CCCCCCCCCC(=O)OCC(COC(=O)CCCCC/C=C\C/C=C\C/C=C\CC)OC(=O)CCCCCCCCCCCCCCCCC. The Labute approximate surface area is 462 Å². The van der Waals surface area contributed by atoms with Crippen LogP contribution in [0.3, 0.4) is 0 Å². The van der Waals surface area contributed by atoms with E-state index in [4.69, 9.17) is 14.2 Å². The van der Waals surface area contributed by atoms with Crippen LogP contribution in [0.4, 0.5) is 0 Å². The Balaban J connectivity index is 4.33. The zero-order valence-electron chi connectivity index (χ0n) is 48.8. The molecule has 0 N–H and O–H groups in total. The highest BCUT2D eigenvalue weighted by atomic mass is 16.6. The van der Waals surface area contributed by atoms with Crippen LogP contribution in [0.5, 0.6) is 0 Å². The first-order valence-electron chi connectivity index (χ1n) is 31.0. The number of unbranched alkanes of at least 4 members (excludes halogenated alkanes) is 24. The third-order valence-electron chi connectivity index (χ3n) is 13.0. The summed E-state index contributed by atoms with van der Waals surface area (Å²) < 4.78 is 16.9. The van der Waals surface area contributed by atoms with Crippen molar-refractivity contribution in [2.24, 2.45) is 0 Å². The fraction of sp³-hybridized carbons (Fsp3) is 0.667. The van der Waals surface area contributed by atoms with E-state index in [0.29, 0.717) is 19.3 Å². The van der Waals surface area contributed by atoms with Crippen molar-refractivity contribution in [3.05, 3.63) is 122 Å². The molecule has 75 heavy (non-hydrogen) atoms. The molecule has 1 atom stereocenters. The van der Waals surface area contributed by atoms with Crippen LogP contribution >= 0.6 is 0 Å². The third kappa shape index (κ3) is 60.6. The molecule has 1 unspecified atom stereocenters. The Hall–Kier alpha value is -4.19. The van der Waals surface area contributed by atoms with Crippen molar-refractivity contribution in [1.29, 1.82) is 0 Å². The van der Waals surface area contributed by atoms with Gasteiger partial charge in [0, 0.05) is 19.3 Å². The maximum atomic E-state index is 12.9. The number of hydrogen-bond acceptors (Lipinski definition) is 6. The molecular weight excluding hydrogens is 925 g/mol. The lowest BCUT2D eigenvalue weighted by Gasteiger charge is -2.18. The summed E-state index contributed by atoms with van der Waals surface area (Å²) in [4.78, 5) is 38.2. The zero-order chi connectivity index (χ0) is 54.3. The summed E-state index contributed by atoms with van der Waals surface area (Å²) in [6.45, 7) is 6.39. The van der Waals surface area contributed by atoms with E-state index in [0.717, 1.165) is 135 Å². The molecular formula is C69H114O6. The second-order valence-corrected chi connectivity index (χ2v) is 20.2. The summed E-state index contributed by atoms with van der Waals surface area (Å²) in [5.74, 6) is -0.929. The average molecular weight is 1040 g/mol. The molecule has 0 amide bonds. The van der Waals surface area contributed by atoms with E-state index in [-0.39, 0.29) is 31.1 Å². The van der Waals surface area contributed by atoms with E-state index in [1.165, 1.54) is 103 Å². The molecule has 0 aromatic rings. The van der Waals surface area contributed by atoms with Gasteiger partial charge in [-0.1, -0.05) is 271 Å². The molecule has 0 bridgehead atoms. The summed E-state index contributed by atoms with van der Waals surface area (Å²) in [6, 6.07) is 0. The number of esters is 3. The molecule has 0 saturated heterocycles. The topological polar surface area (TPSA) is 78.9 Å². The number of allylic oxidation sites excluding steroid dienone is 20. The van der Waals surface area contributed by atoms with Crippen LogP contribution in [0, 0.1) is 0 Å². The molecule has 0 aromatic heterocycles. The van der Waals surface area contributed by atoms with Gasteiger partial charge in [-0.15, -0.1) is 0 Å². The highest BCUT2D eigenvalue weighted by molar-refractivity contribution is 5.71. The molecule has 0 fully saturated rings. The number of ether oxygens (including phenoxy) is 3. The van der Waals surface area contributed by atoms with Gasteiger partial charge in [0.05, 0.1) is 0 Å². The molecule has 0 rings (SSSR count). The Kier molecular flexibility index (Phi) is 58.9. The maximum absolute atomic E-state index is 12.9. The van der Waals surface area contributed by atoms with Gasteiger partial charge in [0.25, 0.3) is 0 Å². The second kappa shape index (κ2) is 62.4. The Morgan fingerprint density at radius 2 is 0.520 bits per heavy atom. The molecule has 0 saturated carbocycles. The van der Waals surface area contributed by atoms with Crippen LogP contribution in [0.25, 0.3) is 0 Å². The van der Waals surface area contributed by atoms with Gasteiger partial charge in [0.15, 0.2) is 6.10 Å². The maximum Gasteiger partial charge on any atom is 0.306 e. The van der Waals surface area contributed by atoms with E-state index < -0.39 is 6.10 Å². The number of carbonyl (C=O) groups is 3. The first-order chi connectivity index (χ1) is 37.0. The number of carbonyl (C=O) groups excluding carboxylic acids is 3. The van der Waals surface area contributed by atoms with Crippen molar-refractivity contribution in [1.82, 2.24) is 0 Å². The minimum atomic E-state index is -0.796. The van der Waals surface area contributed by atoms with Crippen LogP contribution in [-0.4, -0.2) is 37.2 Å². The fourth-order valence-electron chi connectivity index (χ4n) is 8.38. The largest absolute Gasteiger partial charge is 0.462 e. The Morgan fingerprint density at radius 3 is 0.827 bits per heavy atom. The highest BCUT2D eigenvalue weighted by Crippen LogP contribution is 2.16. The van der Waals surface area contributed by atoms with E-state index in [9.17, 15) is 14.4 Å². The summed E-state index contributed by atoms with van der Waals surface area (Å²) in [6.07, 6.45) is 86.3. The second-order valence-electron chi connectivity index (χ2n) is 20.2. The predicted molar refractivity (Wildman–Crippen MR) is 325 cm³/mol. The van der Waals surface area contributed by atoms with Crippen LogP contribution in [0.1, 0.15) is 278 Å². The molecule has 6 heteroatoms. The van der Waals surface area contributed by atoms with Gasteiger partial charge >= 0.3 is 17.9 Å². The van der Waals surface area contributed by atoms with E-state index in [1.54, 1.807) is 0 Å². The monoisotopic (exact) mass is 1040 g/mol. The standard InChI is InChI=1S/C69H114O6/c1-4-7-10-13-16-19-22-25-27-28-29-30-31-32-33-34-35-36-37-38-39-40-42-44-47-50-53-56-59-62-68(71)74-65-66(64-73-67(70)61-58-55-52-49-46-43-24-21-18-15-12-9-6-3)75-69(72)63-60-57-54-51-48-45-41-26-23-20-17-14-11-8-5-2/h7,9-10,12,16,18-19,21,25,27,29-30,32-33,35-36,38-39,43,46,66H,4-6,8,11,13-15,17,20,22-24,26,28,31,34,37,40-42,44-45,47-65H2,1-3H3/b10-7-,12-9-,19-16-,21-18-,27-25-,30-29-,33-32-,36-35-,39-38-,46-43-. The van der Waals surface area contributed by atoms with Crippen molar-refractivity contribution in [3.8, 4) is 0 Å². The van der Waals surface area contributed by atoms with Gasteiger partial charge in [-0.2, -0.15) is 0 Å². The molecule has 6 nitrogen and oxygen atoms in total. The van der Waals surface area contributed by atoms with Crippen molar-refractivity contribution >= 4 is 17.9 Å². The van der Waals surface area contributed by atoms with Crippen LogP contribution in [0.2, 0.25) is 0 Å². The summed E-state index contributed by atoms with van der Waals surface area (Å²) in [7, 11) is 0. The first kappa shape index (κ1) is 70.8. The molecule has 0 aliphatic rings. The average Bonchev–Trinajstić information content (AvgIpc) is 3.41. The van der Waals surface area contributed by atoms with Gasteiger partial charge in [-0.25, -0.2) is 0 Å². The quantitative estimate of drug-likeness (QED) is 0.0261. The highest BCUT2D eigenvalue weighted by Gasteiger charge is 2.19. The van der Waals surface area contributed by atoms with Crippen molar-refractivity contribution < 1.29 is 28.6 Å². The van der Waals surface area contributed by atoms with E-state index in [2.05, 4.69) is 142 Å². The summed E-state index contributed by atoms with van der Waals surface area (Å²) >= 11 is 0. The summed E-state index contributed by atoms with van der Waals surface area (Å²) in [5, 5.41) is 0. The van der Waals surface area contributed by atoms with Gasteiger partial charge in [-0.05, 0) is 109 Å². The molecule has 0 aliphatic heterocycles. The Bertz CT molecular complexity index is 1570. The number of rotatable bonds is 55. The van der Waals surface area contributed by atoms with Crippen molar-refractivity contribution in [2.45, 2.75) is 284 Å². The predicted octanol–water partition coefficient (Wildman–Crippen LogP) is 21.2. The lowest BCUT2D eigenvalue weighted by Crippen LogP contribution is -2.30. The van der Waals surface area contributed by atoms with Crippen LogP contribution in [0.15, 0.2) is 122 Å². The molecule has 0 heterocycles. The van der Waals surface area contributed by atoms with E-state index in [1.807, 2.05) is 0 Å². The van der Waals surface area contributed by atoms with Crippen LogP contribution < -0.4 is 0 Å². The van der Waals surface area contributed by atoms with Crippen LogP contribution in [-0.2, 0) is 28.6 Å². The van der Waals surface area contributed by atoms with Gasteiger partial charge in [0.2, 0.25) is 0 Å². The molecule has 0 radical (unpaired) electrons. The van der Waals surface area contributed by atoms with Crippen molar-refractivity contribution in [3.63, 3.8) is 0 Å². The molecule has 0 aromatic carbocycles. The van der Waals surface area contributed by atoms with Gasteiger partial charge < -0.3 is 14.2 Å². The molecule has 0 spiro atoms. The normalized spacial score (nSPS) is 12.9. The lowest BCUT2D eigenvalue weighted by atomic mass is 10.0. The third-order valence-corrected chi connectivity index (χ3v) is 13.0.